The average Bonchev–Trinajstić information content (AvgIpc) is 3.39. The smallest absolute Gasteiger partial charge is 0.422 e. The van der Waals surface area contributed by atoms with Crippen LogP contribution in [0.5, 0.6) is 0 Å². The van der Waals surface area contributed by atoms with Crippen LogP contribution in [0.4, 0.5) is 9.59 Å². The van der Waals surface area contributed by atoms with Crippen LogP contribution in [0.15, 0.2) is 48.5 Å². The largest absolute Gasteiger partial charge is 0.443 e. The summed E-state index contributed by atoms with van der Waals surface area (Å²) in [5.74, 6) is -2.48. The topological polar surface area (TPSA) is 264 Å². The van der Waals surface area contributed by atoms with Crippen LogP contribution >= 0.6 is 23.1 Å². The number of nitrogens with zero attached hydrogens (tertiary/aromatic N) is 2. The van der Waals surface area contributed by atoms with Crippen molar-refractivity contribution in [2.45, 2.75) is 59.2 Å². The van der Waals surface area contributed by atoms with Crippen molar-refractivity contribution in [2.75, 3.05) is 25.5 Å². The Morgan fingerprint density at radius 2 is 1.00 bits per heavy atom. The molecule has 2 heterocycles. The summed E-state index contributed by atoms with van der Waals surface area (Å²) in [6.07, 6.45) is -2.19. The van der Waals surface area contributed by atoms with E-state index in [-0.39, 0.29) is 49.7 Å². The van der Waals surface area contributed by atoms with Gasteiger partial charge >= 0.3 is 21.4 Å². The van der Waals surface area contributed by atoms with Crippen molar-refractivity contribution in [1.29, 1.82) is 0 Å². The summed E-state index contributed by atoms with van der Waals surface area (Å²) >= 11 is 0. The molecule has 0 spiro atoms. The summed E-state index contributed by atoms with van der Waals surface area (Å²) in [5, 5.41) is 1.37. The van der Waals surface area contributed by atoms with Gasteiger partial charge in [-0.25, -0.2) is 27.5 Å². The summed E-state index contributed by atoms with van der Waals surface area (Å²) in [6.45, 7) is 9.84. The maximum atomic E-state index is 12.1. The molecule has 0 unspecified atom stereocenters. The molecule has 4 N–H and O–H groups in total. The van der Waals surface area contributed by atoms with Crippen LogP contribution < -0.4 is 15.2 Å². The number of sulfonamides is 1. The number of nitrogens with one attached hydrogen (secondary N) is 2. The van der Waals surface area contributed by atoms with Crippen molar-refractivity contribution in [3.8, 4) is 0 Å². The Hall–Kier alpha value is -4.38. The van der Waals surface area contributed by atoms with Crippen LogP contribution in [-0.2, 0) is 38.4 Å². The molecule has 0 saturated heterocycles. The van der Waals surface area contributed by atoms with Gasteiger partial charge in [-0.15, -0.1) is 22.5 Å². The number of hydroxylamine groups is 4. The third-order valence-corrected chi connectivity index (χ3v) is 7.82. The molecule has 2 aliphatic rings. The van der Waals surface area contributed by atoms with Crippen LogP contribution in [0.1, 0.15) is 89.4 Å². The number of hydrogen-bond donors (Lipinski definition) is 3. The van der Waals surface area contributed by atoms with Gasteiger partial charge < -0.3 is 15.2 Å². The molecular weight excluding hydrogens is 801 g/mol. The van der Waals surface area contributed by atoms with Crippen LogP contribution in [0.25, 0.3) is 0 Å². The standard InChI is InChI=1S/C16H20N2O7S.C10H10N2O3.C5H10ClNO4S.ClH/c1-16(2,3)25-15(21)17-26(22,23)10-6-9-24-18-13(19)11-7-4-5-8-12(11)14(18)20;11-5-6-15-12-9(13)7-3-1-2-4-8(7)10(12)14;1-5(2,3)11-4(8)7-12(6,9)10;/h4-5,7-8H,6,9-10H2,1-3H3,(H,17,21);1-4H,5-6,11H2;1-3H3,(H,7,8);1H. The summed E-state index contributed by atoms with van der Waals surface area (Å²) in [6, 6.07) is 12.9. The number of rotatable bonds is 10. The number of ether oxygens (including phenoxy) is 2. The second kappa shape index (κ2) is 19.8. The minimum absolute atomic E-state index is 0. The SMILES string of the molecule is CC(C)(C)OC(=O)NS(=O)(=O)CCCON1C(=O)c2ccccc2C1=O.CC(C)(C)OC(=O)NS(=O)(=O)Cl.Cl.NCCON1C(=O)c2ccccc2C1=O. The zero-order valence-electron chi connectivity index (χ0n) is 29.9. The Kier molecular flexibility index (Phi) is 17.5. The van der Waals surface area contributed by atoms with E-state index in [2.05, 4.69) is 4.74 Å². The van der Waals surface area contributed by atoms with Gasteiger partial charge in [-0.1, -0.05) is 24.3 Å². The maximum absolute atomic E-state index is 12.1. The highest BCUT2D eigenvalue weighted by molar-refractivity contribution is 8.12. The molecule has 54 heavy (non-hydrogen) atoms. The predicted octanol–water partition coefficient (Wildman–Crippen LogP) is 3.05. The highest BCUT2D eigenvalue weighted by atomic mass is 35.7. The summed E-state index contributed by atoms with van der Waals surface area (Å²) in [7, 11) is -3.25. The van der Waals surface area contributed by atoms with Gasteiger partial charge in [0.05, 0.1) is 41.2 Å². The maximum Gasteiger partial charge on any atom is 0.422 e. The normalized spacial score (nSPS) is 13.7. The highest BCUT2D eigenvalue weighted by Crippen LogP contribution is 2.23. The number of fused-ring (bicyclic) bond motifs is 2. The number of halogens is 2. The third-order valence-electron chi connectivity index (χ3n) is 5.87. The van der Waals surface area contributed by atoms with Gasteiger partial charge in [0.15, 0.2) is 0 Å². The van der Waals surface area contributed by atoms with Crippen molar-refractivity contribution >= 4 is 78.2 Å². The van der Waals surface area contributed by atoms with E-state index in [1.54, 1.807) is 82.7 Å². The first-order valence-corrected chi connectivity index (χ1v) is 19.4. The number of hydrogen-bond acceptors (Lipinski definition) is 15. The fraction of sp³-hybridized carbons (Fsp3) is 0.419. The first-order valence-electron chi connectivity index (χ1n) is 15.5. The van der Waals surface area contributed by atoms with E-state index in [1.165, 1.54) is 16.9 Å². The predicted molar refractivity (Wildman–Crippen MR) is 194 cm³/mol. The summed E-state index contributed by atoms with van der Waals surface area (Å²) < 4.78 is 56.9. The van der Waals surface area contributed by atoms with E-state index in [9.17, 15) is 45.6 Å². The van der Waals surface area contributed by atoms with E-state index in [0.29, 0.717) is 16.2 Å². The van der Waals surface area contributed by atoms with Gasteiger partial charge in [0.2, 0.25) is 10.0 Å². The van der Waals surface area contributed by atoms with Gasteiger partial charge in [0.25, 0.3) is 23.6 Å². The van der Waals surface area contributed by atoms with Crippen LogP contribution in [0.3, 0.4) is 0 Å². The molecule has 2 aromatic carbocycles. The van der Waals surface area contributed by atoms with E-state index < -0.39 is 72.0 Å². The average molecular weight is 843 g/mol. The lowest BCUT2D eigenvalue weighted by atomic mass is 10.1. The number of benzene rings is 2. The molecule has 0 radical (unpaired) electrons. The number of nitrogens with two attached hydrogens (primary N) is 1. The Morgan fingerprint density at radius 1 is 0.667 bits per heavy atom. The zero-order valence-corrected chi connectivity index (χ0v) is 33.1. The molecular formula is C31H41Cl2N5O14S2. The summed E-state index contributed by atoms with van der Waals surface area (Å²) in [4.78, 5) is 79.7. The van der Waals surface area contributed by atoms with Crippen molar-refractivity contribution in [1.82, 2.24) is 19.6 Å². The number of imide groups is 2. The van der Waals surface area contributed by atoms with Crippen molar-refractivity contribution in [2.24, 2.45) is 5.73 Å². The molecule has 0 aromatic heterocycles. The number of carbonyl (C=O) groups is 6. The molecule has 0 atom stereocenters. The van der Waals surface area contributed by atoms with Crippen molar-refractivity contribution in [3.05, 3.63) is 70.8 Å². The Labute approximate surface area is 322 Å². The van der Waals surface area contributed by atoms with Gasteiger partial charge in [0.1, 0.15) is 11.2 Å². The molecule has 2 aromatic rings. The first-order chi connectivity index (χ1) is 24.4. The Balaban J connectivity index is 0.000000442. The quantitative estimate of drug-likeness (QED) is 0.176. The van der Waals surface area contributed by atoms with Gasteiger partial charge in [0, 0.05) is 17.2 Å². The van der Waals surface area contributed by atoms with Crippen molar-refractivity contribution < 1.29 is 64.8 Å². The molecule has 300 valence electrons. The minimum atomic E-state index is -4.05. The second-order valence-corrected chi connectivity index (χ2v) is 16.8. The molecule has 0 aliphatic carbocycles. The molecule has 0 fully saturated rings. The molecule has 2 aliphatic heterocycles. The third kappa shape index (κ3) is 15.5. The number of carbonyl (C=O) groups excluding carboxylic acids is 6. The lowest BCUT2D eigenvalue weighted by molar-refractivity contribution is -0.0908. The molecule has 0 saturated carbocycles. The van der Waals surface area contributed by atoms with Crippen LogP contribution in [0, 0.1) is 0 Å². The van der Waals surface area contributed by atoms with Crippen LogP contribution in [-0.4, -0.2) is 99.5 Å². The fourth-order valence-corrected chi connectivity index (χ4v) is 5.32. The van der Waals surface area contributed by atoms with E-state index in [0.717, 1.165) is 5.06 Å². The van der Waals surface area contributed by atoms with E-state index >= 15 is 0 Å². The lowest BCUT2D eigenvalue weighted by Gasteiger charge is -2.19. The second-order valence-electron chi connectivity index (χ2n) is 12.7. The zero-order chi connectivity index (χ0) is 40.4. The highest BCUT2D eigenvalue weighted by Gasteiger charge is 2.37. The fourth-order valence-electron chi connectivity index (χ4n) is 3.99. The molecule has 19 nitrogen and oxygen atoms in total. The lowest BCUT2D eigenvalue weighted by Crippen LogP contribution is -2.38. The van der Waals surface area contributed by atoms with Gasteiger partial charge in [-0.05, 0) is 72.2 Å². The molecule has 23 heteroatoms. The first kappa shape index (κ1) is 47.6. The Bertz CT molecular complexity index is 1860. The van der Waals surface area contributed by atoms with Crippen LogP contribution in [0.2, 0.25) is 0 Å². The van der Waals surface area contributed by atoms with Gasteiger partial charge in [-0.3, -0.25) is 28.9 Å². The Morgan fingerprint density at radius 3 is 1.31 bits per heavy atom. The molecule has 4 rings (SSSR count). The van der Waals surface area contributed by atoms with E-state index in [1.807, 2.05) is 0 Å². The molecule has 0 bridgehead atoms. The van der Waals surface area contributed by atoms with Crippen molar-refractivity contribution in [3.63, 3.8) is 0 Å². The summed E-state index contributed by atoms with van der Waals surface area (Å²) in [5.41, 5.74) is 4.87. The van der Waals surface area contributed by atoms with E-state index in [4.69, 9.17) is 30.8 Å². The minimum Gasteiger partial charge on any atom is -0.443 e. The monoisotopic (exact) mass is 841 g/mol. The number of amides is 6. The molecule has 6 amide bonds. The van der Waals surface area contributed by atoms with Gasteiger partial charge in [-0.2, -0.15) is 8.42 Å².